The van der Waals surface area contributed by atoms with Gasteiger partial charge in [0, 0.05) is 34.2 Å². The van der Waals surface area contributed by atoms with Crippen molar-refractivity contribution >= 4 is 11.3 Å². The lowest BCUT2D eigenvalue weighted by Crippen LogP contribution is -2.25. The van der Waals surface area contributed by atoms with Gasteiger partial charge in [0.25, 0.3) is 0 Å². The summed E-state index contributed by atoms with van der Waals surface area (Å²) in [6.45, 7) is 4.12. The molecule has 0 saturated carbocycles. The number of thiophene rings is 1. The number of nitrogens with zero attached hydrogens (tertiary/aromatic N) is 1. The molecule has 26 heavy (non-hydrogen) atoms. The Labute approximate surface area is 157 Å². The number of para-hydroxylation sites is 1. The van der Waals surface area contributed by atoms with E-state index in [1.807, 2.05) is 18.2 Å². The SMILES string of the molecule is c1ccc2c(c1)Oc1cc(OCCN3CCCC3)ccc1-c1sccc1-2. The van der Waals surface area contributed by atoms with E-state index in [9.17, 15) is 0 Å². The molecule has 132 valence electrons. The van der Waals surface area contributed by atoms with Crippen LogP contribution in [0.1, 0.15) is 12.8 Å². The molecule has 2 aromatic carbocycles. The van der Waals surface area contributed by atoms with E-state index in [-0.39, 0.29) is 0 Å². The van der Waals surface area contributed by atoms with Crippen molar-refractivity contribution < 1.29 is 9.47 Å². The maximum Gasteiger partial charge on any atom is 0.139 e. The molecule has 0 N–H and O–H groups in total. The van der Waals surface area contributed by atoms with Crippen LogP contribution in [0.2, 0.25) is 0 Å². The number of fused-ring (bicyclic) bond motifs is 5. The highest BCUT2D eigenvalue weighted by atomic mass is 32.1. The van der Waals surface area contributed by atoms with E-state index >= 15 is 0 Å². The van der Waals surface area contributed by atoms with Crippen LogP contribution in [-0.2, 0) is 0 Å². The molecule has 3 heterocycles. The maximum absolute atomic E-state index is 6.28. The van der Waals surface area contributed by atoms with E-state index in [0.29, 0.717) is 0 Å². The number of hydrogen-bond acceptors (Lipinski definition) is 4. The Bertz CT molecular complexity index is 927. The van der Waals surface area contributed by atoms with Gasteiger partial charge < -0.3 is 9.47 Å². The summed E-state index contributed by atoms with van der Waals surface area (Å²) in [4.78, 5) is 3.72. The first-order valence-electron chi connectivity index (χ1n) is 9.23. The summed E-state index contributed by atoms with van der Waals surface area (Å²) in [6.07, 6.45) is 2.63. The number of benzene rings is 2. The molecule has 0 unspecified atom stereocenters. The van der Waals surface area contributed by atoms with Gasteiger partial charge in [0.2, 0.25) is 0 Å². The zero-order valence-corrected chi connectivity index (χ0v) is 15.4. The van der Waals surface area contributed by atoms with Crippen LogP contribution in [0.15, 0.2) is 53.9 Å². The van der Waals surface area contributed by atoms with E-state index in [4.69, 9.17) is 9.47 Å². The third-order valence-corrected chi connectivity index (χ3v) is 6.08. The Morgan fingerprint density at radius 1 is 0.923 bits per heavy atom. The molecular weight excluding hydrogens is 342 g/mol. The van der Waals surface area contributed by atoms with Gasteiger partial charge in [-0.15, -0.1) is 11.3 Å². The minimum absolute atomic E-state index is 0.722. The van der Waals surface area contributed by atoms with Gasteiger partial charge in [0.15, 0.2) is 0 Å². The molecule has 3 nitrogen and oxygen atoms in total. The van der Waals surface area contributed by atoms with Crippen molar-refractivity contribution in [1.82, 2.24) is 4.90 Å². The number of likely N-dealkylation sites (tertiary alicyclic amines) is 1. The van der Waals surface area contributed by atoms with E-state index in [0.717, 1.165) is 41.5 Å². The topological polar surface area (TPSA) is 21.7 Å². The molecule has 1 saturated heterocycles. The van der Waals surface area contributed by atoms with Crippen molar-refractivity contribution in [3.63, 3.8) is 0 Å². The molecule has 0 bridgehead atoms. The zero-order valence-electron chi connectivity index (χ0n) is 14.6. The summed E-state index contributed by atoms with van der Waals surface area (Å²) >= 11 is 1.76. The van der Waals surface area contributed by atoms with Gasteiger partial charge in [-0.25, -0.2) is 0 Å². The Morgan fingerprint density at radius 3 is 2.73 bits per heavy atom. The van der Waals surface area contributed by atoms with Crippen LogP contribution in [0.4, 0.5) is 0 Å². The first-order chi connectivity index (χ1) is 12.9. The maximum atomic E-state index is 6.28. The molecule has 3 aromatic rings. The lowest BCUT2D eigenvalue weighted by atomic mass is 10.0. The van der Waals surface area contributed by atoms with Gasteiger partial charge in [-0.3, -0.25) is 4.90 Å². The van der Waals surface area contributed by atoms with Crippen LogP contribution in [0, 0.1) is 0 Å². The lowest BCUT2D eigenvalue weighted by molar-refractivity contribution is 0.237. The van der Waals surface area contributed by atoms with Gasteiger partial charge in [-0.2, -0.15) is 0 Å². The second-order valence-electron chi connectivity index (χ2n) is 6.82. The molecular formula is C22H21NO2S. The molecule has 0 amide bonds. The van der Waals surface area contributed by atoms with Gasteiger partial charge in [0.1, 0.15) is 23.9 Å². The van der Waals surface area contributed by atoms with Gasteiger partial charge in [-0.1, -0.05) is 18.2 Å². The van der Waals surface area contributed by atoms with Crippen LogP contribution in [0.25, 0.3) is 21.6 Å². The Balaban J connectivity index is 1.43. The highest BCUT2D eigenvalue weighted by Gasteiger charge is 2.22. The first kappa shape index (κ1) is 15.9. The summed E-state index contributed by atoms with van der Waals surface area (Å²) in [5, 5.41) is 2.15. The van der Waals surface area contributed by atoms with E-state index < -0.39 is 0 Å². The highest BCUT2D eigenvalue weighted by Crippen LogP contribution is 2.49. The largest absolute Gasteiger partial charge is 0.492 e. The van der Waals surface area contributed by atoms with Crippen LogP contribution in [0.5, 0.6) is 17.2 Å². The van der Waals surface area contributed by atoms with E-state index in [2.05, 4.69) is 40.6 Å². The molecule has 1 aromatic heterocycles. The fraction of sp³-hybridized carbons (Fsp3) is 0.273. The zero-order chi connectivity index (χ0) is 17.3. The quantitative estimate of drug-likeness (QED) is 0.467. The van der Waals surface area contributed by atoms with Crippen LogP contribution >= 0.6 is 11.3 Å². The molecule has 1 fully saturated rings. The molecule has 4 heteroatoms. The molecule has 5 rings (SSSR count). The molecule has 0 atom stereocenters. The van der Waals surface area contributed by atoms with E-state index in [1.54, 1.807) is 11.3 Å². The summed E-state index contributed by atoms with van der Waals surface area (Å²) in [6, 6.07) is 16.6. The van der Waals surface area contributed by atoms with Crippen molar-refractivity contribution in [3.8, 4) is 38.8 Å². The second-order valence-corrected chi connectivity index (χ2v) is 7.73. The standard InChI is InChI=1S/C22H21NO2S/c1-2-6-20-17(5-1)18-9-14-26-22(18)19-8-7-16(15-21(19)25-20)24-13-12-23-10-3-4-11-23/h1-2,5-9,14-15H,3-4,10-13H2. The average molecular weight is 363 g/mol. The summed E-state index contributed by atoms with van der Waals surface area (Å²) < 4.78 is 12.3. The van der Waals surface area contributed by atoms with Crippen molar-refractivity contribution in [2.75, 3.05) is 26.2 Å². The highest BCUT2D eigenvalue weighted by molar-refractivity contribution is 7.14. The first-order valence-corrected chi connectivity index (χ1v) is 10.1. The van der Waals surface area contributed by atoms with Gasteiger partial charge >= 0.3 is 0 Å². The van der Waals surface area contributed by atoms with Crippen LogP contribution in [0.3, 0.4) is 0 Å². The molecule has 0 aliphatic carbocycles. The Hall–Kier alpha value is -2.30. The molecule has 2 aliphatic heterocycles. The normalized spacial score (nSPS) is 15.5. The molecule has 0 spiro atoms. The monoisotopic (exact) mass is 363 g/mol. The minimum Gasteiger partial charge on any atom is -0.492 e. The summed E-state index contributed by atoms with van der Waals surface area (Å²) in [7, 11) is 0. The second kappa shape index (κ2) is 6.78. The predicted octanol–water partition coefficient (Wildman–Crippen LogP) is 5.66. The average Bonchev–Trinajstić information content (AvgIpc) is 3.32. The Kier molecular flexibility index (Phi) is 4.15. The minimum atomic E-state index is 0.722. The van der Waals surface area contributed by atoms with Gasteiger partial charge in [-0.05, 0) is 55.6 Å². The van der Waals surface area contributed by atoms with Crippen LogP contribution in [-0.4, -0.2) is 31.1 Å². The number of hydrogen-bond donors (Lipinski definition) is 0. The lowest BCUT2D eigenvalue weighted by Gasteiger charge is -2.16. The fourth-order valence-electron chi connectivity index (χ4n) is 3.79. The predicted molar refractivity (Wildman–Crippen MR) is 106 cm³/mol. The third kappa shape index (κ3) is 2.89. The van der Waals surface area contributed by atoms with Crippen molar-refractivity contribution in [3.05, 3.63) is 53.9 Å². The van der Waals surface area contributed by atoms with Crippen molar-refractivity contribution in [2.45, 2.75) is 12.8 Å². The number of rotatable bonds is 4. The summed E-state index contributed by atoms with van der Waals surface area (Å²) in [5.74, 6) is 2.65. The van der Waals surface area contributed by atoms with Crippen LogP contribution < -0.4 is 9.47 Å². The summed E-state index contributed by atoms with van der Waals surface area (Å²) in [5.41, 5.74) is 3.53. The van der Waals surface area contributed by atoms with Crippen molar-refractivity contribution in [1.29, 1.82) is 0 Å². The van der Waals surface area contributed by atoms with E-state index in [1.165, 1.54) is 36.4 Å². The van der Waals surface area contributed by atoms with Gasteiger partial charge in [0.05, 0.1) is 0 Å². The Morgan fingerprint density at radius 2 is 1.81 bits per heavy atom. The number of ether oxygens (including phenoxy) is 2. The molecule has 0 radical (unpaired) electrons. The van der Waals surface area contributed by atoms with Crippen molar-refractivity contribution in [2.24, 2.45) is 0 Å². The smallest absolute Gasteiger partial charge is 0.139 e. The third-order valence-electron chi connectivity index (χ3n) is 5.14. The fourth-order valence-corrected chi connectivity index (χ4v) is 4.73. The molecule has 2 aliphatic rings.